The number of ether oxygens (including phenoxy) is 2. The molecule has 2 N–H and O–H groups in total. The Labute approximate surface area is 366 Å². The molecular weight excluding hydrogens is 783 g/mol. The summed E-state index contributed by atoms with van der Waals surface area (Å²) in [6.45, 7) is 6.35. The fraction of sp³-hybridized carbons (Fsp3) is 0.560. The molecule has 0 amide bonds. The van der Waals surface area contributed by atoms with Crippen LogP contribution < -0.4 is 20.4 Å². The molecule has 4 aromatic rings. The van der Waals surface area contributed by atoms with Gasteiger partial charge in [0.2, 0.25) is 0 Å². The van der Waals surface area contributed by atoms with Crippen LogP contribution in [0, 0.1) is 0 Å². The van der Waals surface area contributed by atoms with Crippen LogP contribution in [-0.2, 0) is 41.8 Å². The van der Waals surface area contributed by atoms with Crippen molar-refractivity contribution in [2.45, 2.75) is 100 Å². The summed E-state index contributed by atoms with van der Waals surface area (Å²) < 4.78 is 39.3. The first-order valence-electron chi connectivity index (χ1n) is 23.3. The molecule has 2 aliphatic carbocycles. The Bertz CT molecular complexity index is 2190. The van der Waals surface area contributed by atoms with Crippen molar-refractivity contribution in [3.8, 4) is 0 Å². The van der Waals surface area contributed by atoms with E-state index in [2.05, 4.69) is 98.9 Å². The lowest BCUT2D eigenvalue weighted by molar-refractivity contribution is 0.0246. The zero-order valence-electron chi connectivity index (χ0n) is 36.6. The van der Waals surface area contributed by atoms with Crippen LogP contribution in [0.5, 0.6) is 0 Å². The van der Waals surface area contributed by atoms with Crippen LogP contribution in [0.2, 0.25) is 0 Å². The zero-order chi connectivity index (χ0) is 42.2. The summed E-state index contributed by atoms with van der Waals surface area (Å²) in [5, 5.41) is 7.80. The number of alkyl halides is 2. The summed E-state index contributed by atoms with van der Waals surface area (Å²) in [4.78, 5) is 19.7. The SMILES string of the molecule is CN(C[C@H]1Cc2c(cc(C3CC[C@H](N(C)C[C@@H]4Cc5c(cccc5N5CCOC(CF)C5)CN4)c4ncccc43)cc2N2CCOC(CF)C2)CN1)[C@H]1CCCc2cccnc21. The Kier molecular flexibility index (Phi) is 12.6. The van der Waals surface area contributed by atoms with Crippen molar-refractivity contribution in [1.82, 2.24) is 30.4 Å². The molecule has 6 aliphatic rings. The number of fused-ring (bicyclic) bond motifs is 4. The van der Waals surface area contributed by atoms with Crippen molar-refractivity contribution in [3.05, 3.63) is 117 Å². The van der Waals surface area contributed by atoms with Gasteiger partial charge in [0.05, 0.1) is 36.7 Å². The molecule has 2 saturated heterocycles. The van der Waals surface area contributed by atoms with E-state index in [0.29, 0.717) is 38.4 Å². The highest BCUT2D eigenvalue weighted by Crippen LogP contribution is 2.45. The number of anilines is 2. The van der Waals surface area contributed by atoms with Crippen LogP contribution in [-0.4, -0.2) is 124 Å². The predicted octanol–water partition coefficient (Wildman–Crippen LogP) is 6.46. The van der Waals surface area contributed by atoms with Crippen molar-refractivity contribution >= 4 is 11.4 Å². The smallest absolute Gasteiger partial charge is 0.117 e. The molecule has 4 aliphatic heterocycles. The topological polar surface area (TPSA) is 81.3 Å². The van der Waals surface area contributed by atoms with Gasteiger partial charge in [-0.15, -0.1) is 0 Å². The number of halogens is 2. The summed E-state index contributed by atoms with van der Waals surface area (Å²) in [5.41, 5.74) is 14.4. The minimum absolute atomic E-state index is 0.206. The molecule has 62 heavy (non-hydrogen) atoms. The van der Waals surface area contributed by atoms with E-state index in [1.807, 2.05) is 12.4 Å². The van der Waals surface area contributed by atoms with Gasteiger partial charge >= 0.3 is 0 Å². The molecule has 0 saturated carbocycles. The minimum Gasteiger partial charge on any atom is -0.372 e. The Balaban J connectivity index is 0.881. The minimum atomic E-state index is -0.473. The number of hydrogen-bond donors (Lipinski definition) is 2. The third kappa shape index (κ3) is 8.51. The predicted molar refractivity (Wildman–Crippen MR) is 241 cm³/mol. The van der Waals surface area contributed by atoms with Gasteiger partial charge in [0.25, 0.3) is 0 Å². The van der Waals surface area contributed by atoms with E-state index in [4.69, 9.17) is 19.4 Å². The van der Waals surface area contributed by atoms with Gasteiger partial charge in [-0.3, -0.25) is 19.8 Å². The molecule has 0 radical (unpaired) electrons. The van der Waals surface area contributed by atoms with Crippen LogP contribution >= 0.6 is 0 Å². The number of benzene rings is 2. The number of likely N-dealkylation sites (N-methyl/N-ethyl adjacent to an activating group) is 2. The summed E-state index contributed by atoms with van der Waals surface area (Å²) in [6, 6.07) is 21.3. The van der Waals surface area contributed by atoms with Gasteiger partial charge in [0.15, 0.2) is 0 Å². The molecule has 0 bridgehead atoms. The van der Waals surface area contributed by atoms with E-state index < -0.39 is 19.5 Å². The lowest BCUT2D eigenvalue weighted by atomic mass is 9.77. The first-order valence-corrected chi connectivity index (χ1v) is 23.3. The van der Waals surface area contributed by atoms with Gasteiger partial charge in [-0.05, 0) is 122 Å². The molecule has 2 aromatic heterocycles. The molecule has 10 nitrogen and oxygen atoms in total. The third-order valence-corrected chi connectivity index (χ3v) is 14.9. The second kappa shape index (κ2) is 18.6. The third-order valence-electron chi connectivity index (χ3n) is 14.9. The lowest BCUT2D eigenvalue weighted by Crippen LogP contribution is -2.47. The summed E-state index contributed by atoms with van der Waals surface area (Å²) >= 11 is 0. The van der Waals surface area contributed by atoms with Gasteiger partial charge in [-0.25, -0.2) is 8.78 Å². The maximum atomic E-state index is 14.2. The number of hydrogen-bond acceptors (Lipinski definition) is 10. The standard InChI is InChI=1S/C50H64F2N8O2/c1-57(46-12-3-7-33-9-5-15-53-49(33)46)29-38-24-44-36(28-56-38)21-35(22-48(44)60-18-20-62-40(26-52)32-60)41-13-14-47(50-42(41)10-6-16-54-50)58(2)30-37-23-43-34(27-55-37)8-4-11-45(43)59-17-19-61-39(25-51)31-59/h4-6,8-11,15-16,21-22,37-41,46-47,55-56H,3,7,12-14,17-20,23-32H2,1-2H3/t37-,38+,39?,40?,41?,46-,47-/m0/s1. The van der Waals surface area contributed by atoms with Crippen LogP contribution in [0.15, 0.2) is 67.0 Å². The van der Waals surface area contributed by atoms with E-state index in [0.717, 1.165) is 77.8 Å². The van der Waals surface area contributed by atoms with Gasteiger partial charge in [-0.2, -0.15) is 0 Å². The Morgan fingerprint density at radius 3 is 2.05 bits per heavy atom. The van der Waals surface area contributed by atoms with Gasteiger partial charge in [-0.1, -0.05) is 30.3 Å². The number of rotatable bonds is 11. The number of morpholine rings is 2. The highest BCUT2D eigenvalue weighted by atomic mass is 19.1. The van der Waals surface area contributed by atoms with Crippen molar-refractivity contribution in [3.63, 3.8) is 0 Å². The number of aryl methyl sites for hydroxylation is 1. The number of pyridine rings is 2. The summed E-state index contributed by atoms with van der Waals surface area (Å²) in [5.74, 6) is 0.219. The molecule has 6 heterocycles. The number of nitrogens with one attached hydrogen (secondary N) is 2. The van der Waals surface area contributed by atoms with Crippen LogP contribution in [0.1, 0.15) is 94.0 Å². The molecule has 2 fully saturated rings. The molecule has 330 valence electrons. The Morgan fingerprint density at radius 2 is 1.32 bits per heavy atom. The molecular formula is C50H64F2N8O2. The molecule has 12 heteroatoms. The quantitative estimate of drug-likeness (QED) is 0.176. The van der Waals surface area contributed by atoms with E-state index >= 15 is 0 Å². The maximum absolute atomic E-state index is 14.2. The average molecular weight is 847 g/mol. The molecule has 0 spiro atoms. The number of nitrogens with zero attached hydrogens (tertiary/aromatic N) is 6. The van der Waals surface area contributed by atoms with E-state index in [1.54, 1.807) is 0 Å². The van der Waals surface area contributed by atoms with E-state index in [9.17, 15) is 8.78 Å². The van der Waals surface area contributed by atoms with Crippen LogP contribution in [0.25, 0.3) is 0 Å². The van der Waals surface area contributed by atoms with Crippen molar-refractivity contribution in [2.75, 3.05) is 89.7 Å². The second-order valence-electron chi connectivity index (χ2n) is 18.8. The fourth-order valence-electron chi connectivity index (χ4n) is 11.8. The number of aromatic nitrogens is 2. The van der Waals surface area contributed by atoms with Crippen molar-refractivity contribution in [1.29, 1.82) is 0 Å². The monoisotopic (exact) mass is 847 g/mol. The largest absolute Gasteiger partial charge is 0.372 e. The normalized spacial score (nSPS) is 27.4. The first kappa shape index (κ1) is 41.9. The highest BCUT2D eigenvalue weighted by molar-refractivity contribution is 5.62. The van der Waals surface area contributed by atoms with Crippen molar-refractivity contribution in [2.24, 2.45) is 0 Å². The lowest BCUT2D eigenvalue weighted by Gasteiger charge is -2.41. The average Bonchev–Trinajstić information content (AvgIpc) is 3.32. The van der Waals surface area contributed by atoms with E-state index in [1.165, 1.54) is 68.1 Å². The molecule has 7 atom stereocenters. The Morgan fingerprint density at radius 1 is 0.694 bits per heavy atom. The molecule has 10 rings (SSSR count). The van der Waals surface area contributed by atoms with Gasteiger partial charge in [0, 0.05) is 94.1 Å². The van der Waals surface area contributed by atoms with Crippen LogP contribution in [0.3, 0.4) is 0 Å². The maximum Gasteiger partial charge on any atom is 0.117 e. The van der Waals surface area contributed by atoms with Crippen molar-refractivity contribution < 1.29 is 18.3 Å². The molecule has 2 aromatic carbocycles. The van der Waals surface area contributed by atoms with Gasteiger partial charge < -0.3 is 29.9 Å². The molecule has 3 unspecified atom stereocenters. The van der Waals surface area contributed by atoms with Gasteiger partial charge in [0.1, 0.15) is 25.6 Å². The summed E-state index contributed by atoms with van der Waals surface area (Å²) in [7, 11) is 4.53. The summed E-state index contributed by atoms with van der Waals surface area (Å²) in [6.07, 6.45) is 10.5. The van der Waals surface area contributed by atoms with Crippen LogP contribution in [0.4, 0.5) is 20.2 Å². The highest BCUT2D eigenvalue weighted by Gasteiger charge is 2.36. The fourth-order valence-corrected chi connectivity index (χ4v) is 11.8. The zero-order valence-corrected chi connectivity index (χ0v) is 36.6. The Hall–Kier alpha value is -4.04. The second-order valence-corrected chi connectivity index (χ2v) is 18.8. The first-order chi connectivity index (χ1) is 30.4. The van der Waals surface area contributed by atoms with E-state index in [-0.39, 0.29) is 24.1 Å².